The molecular weight excluding hydrogens is 560 g/mol. The second kappa shape index (κ2) is 14.2. The lowest BCUT2D eigenvalue weighted by Gasteiger charge is -2.44. The van der Waals surface area contributed by atoms with Gasteiger partial charge >= 0.3 is 23.9 Å². The van der Waals surface area contributed by atoms with Crippen molar-refractivity contribution in [1.82, 2.24) is 0 Å². The normalized spacial score (nSPS) is 35.5. The van der Waals surface area contributed by atoms with E-state index in [1.165, 1.54) is 19.9 Å². The van der Waals surface area contributed by atoms with Crippen molar-refractivity contribution in [1.29, 1.82) is 0 Å². The van der Waals surface area contributed by atoms with E-state index in [0.717, 1.165) is 6.92 Å². The minimum atomic E-state index is -2.16. The van der Waals surface area contributed by atoms with E-state index in [1.807, 2.05) is 6.92 Å². The molecule has 0 radical (unpaired) electrons. The number of fused-ring (bicyclic) bond motifs is 1. The van der Waals surface area contributed by atoms with Crippen molar-refractivity contribution in [3.63, 3.8) is 0 Å². The monoisotopic (exact) mass is 608 g/mol. The van der Waals surface area contributed by atoms with Crippen LogP contribution in [0.15, 0.2) is 35.5 Å². The molecule has 11 heteroatoms. The molecule has 0 aromatic rings. The van der Waals surface area contributed by atoms with Gasteiger partial charge in [-0.25, -0.2) is 9.59 Å². The van der Waals surface area contributed by atoms with Crippen LogP contribution in [0.25, 0.3) is 0 Å². The van der Waals surface area contributed by atoms with Gasteiger partial charge in [0, 0.05) is 24.0 Å². The van der Waals surface area contributed by atoms with Crippen molar-refractivity contribution >= 4 is 23.9 Å². The van der Waals surface area contributed by atoms with Crippen LogP contribution in [0.4, 0.5) is 0 Å². The molecule has 1 aliphatic heterocycles. The first-order valence-electron chi connectivity index (χ1n) is 14.7. The number of esters is 4. The Kier molecular flexibility index (Phi) is 11.9. The molecule has 10 atom stereocenters. The summed E-state index contributed by atoms with van der Waals surface area (Å²) in [5.41, 5.74) is -2.63. The molecule has 0 spiro atoms. The first kappa shape index (κ1) is 36.2. The van der Waals surface area contributed by atoms with Crippen LogP contribution in [0.1, 0.15) is 82.1 Å². The Bertz CT molecular complexity index is 1150. The van der Waals surface area contributed by atoms with Crippen LogP contribution in [0.5, 0.6) is 0 Å². The van der Waals surface area contributed by atoms with Gasteiger partial charge in [0.1, 0.15) is 35.6 Å². The second-order valence-corrected chi connectivity index (χ2v) is 12.0. The summed E-state index contributed by atoms with van der Waals surface area (Å²) in [5.74, 6) is -4.18. The van der Waals surface area contributed by atoms with Crippen LogP contribution in [0.3, 0.4) is 0 Å². The lowest BCUT2D eigenvalue weighted by Crippen LogP contribution is -2.62. The fraction of sp³-hybridized carbons (Fsp3) is 0.688. The maximum atomic E-state index is 13.2. The van der Waals surface area contributed by atoms with Crippen molar-refractivity contribution in [2.45, 2.75) is 130 Å². The molecule has 0 bridgehead atoms. The number of carbonyl (C=O) groups is 4. The van der Waals surface area contributed by atoms with Crippen LogP contribution < -0.4 is 0 Å². The second-order valence-electron chi connectivity index (χ2n) is 12.0. The van der Waals surface area contributed by atoms with Crippen molar-refractivity contribution in [3.8, 4) is 0 Å². The quantitative estimate of drug-likeness (QED) is 0.130. The molecule has 11 nitrogen and oxygen atoms in total. The average molecular weight is 609 g/mol. The molecule has 1 heterocycles. The molecule has 242 valence electrons. The Labute approximate surface area is 254 Å². The van der Waals surface area contributed by atoms with Crippen molar-refractivity contribution in [2.24, 2.45) is 11.8 Å². The van der Waals surface area contributed by atoms with E-state index >= 15 is 0 Å². The summed E-state index contributed by atoms with van der Waals surface area (Å²) in [5, 5.41) is 23.6. The fourth-order valence-electron chi connectivity index (χ4n) is 5.14. The first-order chi connectivity index (χ1) is 19.9. The number of rotatable bonds is 9. The summed E-state index contributed by atoms with van der Waals surface area (Å²) < 4.78 is 29.3. The molecule has 1 saturated carbocycles. The summed E-state index contributed by atoms with van der Waals surface area (Å²) in [6, 6.07) is 0. The van der Waals surface area contributed by atoms with Gasteiger partial charge in [0.15, 0.2) is 12.2 Å². The molecule has 10 unspecified atom stereocenters. The molecule has 2 aliphatic rings. The maximum Gasteiger partial charge on any atom is 0.333 e. The zero-order valence-electron chi connectivity index (χ0n) is 27.0. The van der Waals surface area contributed by atoms with E-state index in [9.17, 15) is 29.4 Å². The van der Waals surface area contributed by atoms with Crippen molar-refractivity contribution < 1.29 is 53.1 Å². The van der Waals surface area contributed by atoms with Crippen LogP contribution in [0, 0.1) is 11.8 Å². The minimum absolute atomic E-state index is 0.193. The third kappa shape index (κ3) is 7.93. The molecule has 1 aliphatic carbocycles. The molecule has 0 aromatic carbocycles. The highest BCUT2D eigenvalue weighted by Crippen LogP contribution is 2.50. The molecular formula is C32H48O11. The molecule has 2 N–H and O–H groups in total. The Morgan fingerprint density at radius 3 is 1.91 bits per heavy atom. The molecule has 0 amide bonds. The zero-order chi connectivity index (χ0) is 33.0. The minimum Gasteiger partial charge on any atom is -0.459 e. The zero-order valence-corrected chi connectivity index (χ0v) is 27.0. The molecule has 0 aromatic heterocycles. The van der Waals surface area contributed by atoms with Gasteiger partial charge in [-0.15, -0.1) is 0 Å². The summed E-state index contributed by atoms with van der Waals surface area (Å²) in [6.07, 6.45) is -5.01. The Morgan fingerprint density at radius 2 is 1.47 bits per heavy atom. The number of aliphatic hydroxyl groups is 2. The largest absolute Gasteiger partial charge is 0.459 e. The van der Waals surface area contributed by atoms with Gasteiger partial charge in [0.2, 0.25) is 0 Å². The number of hydrogen-bond acceptors (Lipinski definition) is 11. The number of allylic oxidation sites excluding steroid dienone is 2. The van der Waals surface area contributed by atoms with Crippen LogP contribution in [-0.4, -0.2) is 81.9 Å². The Morgan fingerprint density at radius 1 is 0.953 bits per heavy atom. The van der Waals surface area contributed by atoms with E-state index in [-0.39, 0.29) is 17.6 Å². The highest BCUT2D eigenvalue weighted by molar-refractivity contribution is 5.88. The highest BCUT2D eigenvalue weighted by atomic mass is 16.7. The predicted octanol–water partition coefficient (Wildman–Crippen LogP) is 3.50. The van der Waals surface area contributed by atoms with Crippen LogP contribution in [-0.2, 0) is 42.9 Å². The highest BCUT2D eigenvalue weighted by Gasteiger charge is 2.70. The Hall–Kier alpha value is -3.02. The third-order valence-corrected chi connectivity index (χ3v) is 8.65. The predicted molar refractivity (Wildman–Crippen MR) is 156 cm³/mol. The third-order valence-electron chi connectivity index (χ3n) is 8.65. The van der Waals surface area contributed by atoms with Crippen molar-refractivity contribution in [2.75, 3.05) is 0 Å². The van der Waals surface area contributed by atoms with Crippen LogP contribution in [0.2, 0.25) is 0 Å². The number of hydrogen-bond donors (Lipinski definition) is 2. The van der Waals surface area contributed by atoms with Gasteiger partial charge in [-0.2, -0.15) is 0 Å². The number of ether oxygens (including phenoxy) is 5. The maximum absolute atomic E-state index is 13.2. The van der Waals surface area contributed by atoms with E-state index in [1.54, 1.807) is 47.6 Å². The first-order valence-corrected chi connectivity index (χ1v) is 14.7. The average Bonchev–Trinajstić information content (AvgIpc) is 3.64. The number of aliphatic hydroxyl groups excluding tert-OH is 1. The number of carbonyl (C=O) groups excluding carboxylic acids is 4. The fourth-order valence-corrected chi connectivity index (χ4v) is 5.14. The van der Waals surface area contributed by atoms with Gasteiger partial charge in [0.25, 0.3) is 0 Å². The SMILES string of the molecule is C=C(C)C1CC(OC(C)=O)C(C)(O)C(OC(=O)C(C)=CC)C(O)C2OC2(C)C(OC(=O)C(C)=CC)C1OC(=O)C(C)CC. The van der Waals surface area contributed by atoms with E-state index < -0.39 is 83.5 Å². The topological polar surface area (TPSA) is 158 Å². The van der Waals surface area contributed by atoms with E-state index in [2.05, 4.69) is 6.58 Å². The molecule has 2 fully saturated rings. The standard InChI is InChI=1S/C32H48O11/c1-12-17(6)28(35)40-24-21(16(4)5)15-22(39-20(9)33)31(10,38)25(41-29(36)18(7)13-2)23(34)26-32(11,43-26)27(24)42-30(37)19(8)14-3/h13-14,17,21-27,34,38H,4,12,15H2,1-3,5-11H3. The van der Waals surface area contributed by atoms with Gasteiger partial charge < -0.3 is 33.9 Å². The summed E-state index contributed by atoms with van der Waals surface area (Å²) >= 11 is 0. The van der Waals surface area contributed by atoms with Gasteiger partial charge in [-0.3, -0.25) is 9.59 Å². The molecule has 2 rings (SSSR count). The van der Waals surface area contributed by atoms with Gasteiger partial charge in [-0.1, -0.05) is 38.2 Å². The summed E-state index contributed by atoms with van der Waals surface area (Å²) in [6.45, 7) is 19.7. The lowest BCUT2D eigenvalue weighted by molar-refractivity contribution is -0.213. The number of epoxide rings is 1. The van der Waals surface area contributed by atoms with E-state index in [4.69, 9.17) is 23.7 Å². The van der Waals surface area contributed by atoms with Gasteiger partial charge in [0.05, 0.1) is 5.92 Å². The van der Waals surface area contributed by atoms with E-state index in [0.29, 0.717) is 12.0 Å². The molecule has 43 heavy (non-hydrogen) atoms. The van der Waals surface area contributed by atoms with Gasteiger partial charge in [-0.05, 0) is 61.3 Å². The smallest absolute Gasteiger partial charge is 0.333 e. The lowest BCUT2D eigenvalue weighted by atomic mass is 9.74. The summed E-state index contributed by atoms with van der Waals surface area (Å²) in [7, 11) is 0. The Balaban J connectivity index is 2.84. The van der Waals surface area contributed by atoms with Crippen molar-refractivity contribution in [3.05, 3.63) is 35.5 Å². The van der Waals surface area contributed by atoms with Crippen LogP contribution >= 0.6 is 0 Å². The molecule has 1 saturated heterocycles. The summed E-state index contributed by atoms with van der Waals surface area (Å²) in [4.78, 5) is 51.6.